The van der Waals surface area contributed by atoms with Gasteiger partial charge in [0.05, 0.1) is 11.4 Å². The van der Waals surface area contributed by atoms with E-state index in [2.05, 4.69) is 228 Å². The van der Waals surface area contributed by atoms with Crippen molar-refractivity contribution in [1.82, 2.24) is 0 Å². The van der Waals surface area contributed by atoms with Crippen LogP contribution < -0.4 is 4.90 Å². The summed E-state index contributed by atoms with van der Waals surface area (Å²) in [6, 6.07) is 53.2. The highest BCUT2D eigenvalue weighted by Crippen LogP contribution is 2.50. The van der Waals surface area contributed by atoms with E-state index in [1.807, 2.05) is 11.3 Å². The number of thiophene rings is 1. The first kappa shape index (κ1) is 39.6. The van der Waals surface area contributed by atoms with Crippen molar-refractivity contribution in [2.45, 2.75) is 105 Å². The zero-order valence-electron chi connectivity index (χ0n) is 36.6. The van der Waals surface area contributed by atoms with Crippen LogP contribution in [0.15, 0.2) is 140 Å². The molecule has 0 N–H and O–H groups in total. The summed E-state index contributed by atoms with van der Waals surface area (Å²) in [6.45, 7) is 28.0. The number of rotatable bonds is 5. The van der Waals surface area contributed by atoms with Crippen LogP contribution in [-0.4, -0.2) is 0 Å². The summed E-state index contributed by atoms with van der Waals surface area (Å²) in [6.07, 6.45) is 0. The summed E-state index contributed by atoms with van der Waals surface area (Å²) in [5.74, 6) is 0. The predicted octanol–water partition coefficient (Wildman–Crippen LogP) is 17.2. The maximum Gasteiger partial charge on any atom is 0.0555 e. The molecule has 0 fully saturated rings. The SMILES string of the molecule is CC(C)(C)c1cc(-c2cccc3cccc(-c4ccccc4N(c4cc(C(C)(C)C)cc(C(C)(C)C)c4)c4cccc5sc6ccccc6c45)c23)cc(C(C)(C)C)c1. The van der Waals surface area contributed by atoms with Gasteiger partial charge in [-0.2, -0.15) is 0 Å². The van der Waals surface area contributed by atoms with Crippen molar-refractivity contribution in [2.24, 2.45) is 0 Å². The minimum absolute atomic E-state index is 0.0108. The van der Waals surface area contributed by atoms with Crippen LogP contribution in [0.5, 0.6) is 0 Å². The lowest BCUT2D eigenvalue weighted by Gasteiger charge is -2.33. The lowest BCUT2D eigenvalue weighted by molar-refractivity contribution is 0.568. The molecule has 2 heteroatoms. The number of anilines is 3. The van der Waals surface area contributed by atoms with E-state index >= 15 is 0 Å². The van der Waals surface area contributed by atoms with E-state index in [-0.39, 0.29) is 21.7 Å². The average Bonchev–Trinajstić information content (AvgIpc) is 3.56. The number of para-hydroxylation sites is 1. The molecule has 7 aromatic carbocycles. The zero-order chi connectivity index (χ0) is 41.4. The predicted molar refractivity (Wildman–Crippen MR) is 257 cm³/mol. The van der Waals surface area contributed by atoms with Crippen LogP contribution in [0, 0.1) is 0 Å². The number of nitrogens with zero attached hydrogens (tertiary/aromatic N) is 1. The fraction of sp³-hybridized carbons (Fsp3) is 0.286. The van der Waals surface area contributed by atoms with E-state index in [9.17, 15) is 0 Å². The second kappa shape index (κ2) is 14.3. The van der Waals surface area contributed by atoms with E-state index in [4.69, 9.17) is 0 Å². The van der Waals surface area contributed by atoms with Gasteiger partial charge in [0.2, 0.25) is 0 Å². The molecule has 1 nitrogen and oxygen atoms in total. The average molecular weight is 778 g/mol. The van der Waals surface area contributed by atoms with Gasteiger partial charge >= 0.3 is 0 Å². The molecule has 0 aliphatic rings. The quantitative estimate of drug-likeness (QED) is 0.168. The lowest BCUT2D eigenvalue weighted by atomic mass is 9.78. The zero-order valence-corrected chi connectivity index (χ0v) is 37.5. The number of hydrogen-bond donors (Lipinski definition) is 0. The van der Waals surface area contributed by atoms with Gasteiger partial charge in [-0.25, -0.2) is 0 Å². The fourth-order valence-corrected chi connectivity index (χ4v) is 9.43. The molecule has 0 bridgehead atoms. The smallest absolute Gasteiger partial charge is 0.0555 e. The molecule has 294 valence electrons. The molecule has 1 aromatic heterocycles. The van der Waals surface area contributed by atoms with Crippen molar-refractivity contribution in [2.75, 3.05) is 4.90 Å². The van der Waals surface area contributed by atoms with Crippen molar-refractivity contribution in [3.63, 3.8) is 0 Å². The third kappa shape index (κ3) is 7.37. The van der Waals surface area contributed by atoms with Crippen LogP contribution in [0.4, 0.5) is 17.1 Å². The Hall–Kier alpha value is -5.18. The molecule has 1 heterocycles. The van der Waals surface area contributed by atoms with Gasteiger partial charge in [0.1, 0.15) is 0 Å². The Morgan fingerprint density at radius 2 is 0.845 bits per heavy atom. The van der Waals surface area contributed by atoms with Crippen molar-refractivity contribution >= 4 is 59.3 Å². The van der Waals surface area contributed by atoms with Crippen molar-refractivity contribution in [1.29, 1.82) is 0 Å². The monoisotopic (exact) mass is 777 g/mol. The minimum Gasteiger partial charge on any atom is -0.309 e. The van der Waals surface area contributed by atoms with Crippen molar-refractivity contribution < 1.29 is 0 Å². The van der Waals surface area contributed by atoms with Gasteiger partial charge in [-0.15, -0.1) is 11.3 Å². The number of hydrogen-bond acceptors (Lipinski definition) is 2. The Kier molecular flexibility index (Phi) is 9.76. The molecule has 0 saturated carbocycles. The topological polar surface area (TPSA) is 3.24 Å². The van der Waals surface area contributed by atoms with E-state index < -0.39 is 0 Å². The van der Waals surface area contributed by atoms with E-state index in [1.165, 1.54) is 86.8 Å². The van der Waals surface area contributed by atoms with Crippen LogP contribution in [0.3, 0.4) is 0 Å². The van der Waals surface area contributed by atoms with E-state index in [1.54, 1.807) is 0 Å². The highest BCUT2D eigenvalue weighted by Gasteiger charge is 2.28. The summed E-state index contributed by atoms with van der Waals surface area (Å²) in [7, 11) is 0. The summed E-state index contributed by atoms with van der Waals surface area (Å²) < 4.78 is 2.60. The van der Waals surface area contributed by atoms with Gasteiger partial charge < -0.3 is 4.90 Å². The molecule has 0 radical (unpaired) electrons. The first-order chi connectivity index (χ1) is 27.3. The van der Waals surface area contributed by atoms with Gasteiger partial charge in [-0.3, -0.25) is 0 Å². The molecular weight excluding hydrogens is 719 g/mol. The fourth-order valence-electron chi connectivity index (χ4n) is 8.31. The van der Waals surface area contributed by atoms with Crippen LogP contribution >= 0.6 is 11.3 Å². The molecule has 0 aliphatic carbocycles. The molecule has 0 saturated heterocycles. The van der Waals surface area contributed by atoms with Gasteiger partial charge in [0.15, 0.2) is 0 Å². The molecule has 8 aromatic rings. The second-order valence-corrected chi connectivity index (χ2v) is 21.5. The molecule has 58 heavy (non-hydrogen) atoms. The van der Waals surface area contributed by atoms with Gasteiger partial charge in [0.25, 0.3) is 0 Å². The second-order valence-electron chi connectivity index (χ2n) is 20.4. The van der Waals surface area contributed by atoms with Gasteiger partial charge in [0, 0.05) is 31.4 Å². The number of benzene rings is 7. The summed E-state index contributed by atoms with van der Waals surface area (Å²) in [5, 5.41) is 5.11. The van der Waals surface area contributed by atoms with Crippen molar-refractivity contribution in [3.8, 4) is 22.3 Å². The lowest BCUT2D eigenvalue weighted by Crippen LogP contribution is -2.19. The maximum atomic E-state index is 2.57. The largest absolute Gasteiger partial charge is 0.309 e. The highest BCUT2D eigenvalue weighted by atomic mass is 32.1. The Balaban J connectivity index is 1.47. The molecule has 0 unspecified atom stereocenters. The normalized spacial score (nSPS) is 12.8. The standard InChI is InChI=1S/C56H59NS/c1-53(2,3)38-30-37(31-39(32-38)54(4,5)6)43-24-17-20-36-21-18-25-45(51(36)43)44-22-13-15-26-47(44)57(42-34-40(55(7,8)9)33-41(35-42)56(10,11)12)48-27-19-29-50-52(48)46-23-14-16-28-49(46)58-50/h13-35H,1-12H3. The van der Waals surface area contributed by atoms with Crippen LogP contribution in [0.1, 0.15) is 105 Å². The third-order valence-electron chi connectivity index (χ3n) is 11.8. The molecule has 0 amide bonds. The molecule has 8 rings (SSSR count). The first-order valence-electron chi connectivity index (χ1n) is 20.9. The maximum absolute atomic E-state index is 2.57. The third-order valence-corrected chi connectivity index (χ3v) is 13.0. The van der Waals surface area contributed by atoms with Crippen molar-refractivity contribution in [3.05, 3.63) is 162 Å². The Labute approximate surface area is 351 Å². The minimum atomic E-state index is -0.0414. The Bertz CT molecular complexity index is 2750. The summed E-state index contributed by atoms with van der Waals surface area (Å²) >= 11 is 1.88. The van der Waals surface area contributed by atoms with E-state index in [0.717, 1.165) is 5.69 Å². The summed E-state index contributed by atoms with van der Waals surface area (Å²) in [5.41, 5.74) is 13.8. The molecular formula is C56H59NS. The first-order valence-corrected chi connectivity index (χ1v) is 21.7. The van der Waals surface area contributed by atoms with Gasteiger partial charge in [-0.05, 0) is 108 Å². The number of fused-ring (bicyclic) bond motifs is 4. The molecule has 0 atom stereocenters. The van der Waals surface area contributed by atoms with Crippen LogP contribution in [0.2, 0.25) is 0 Å². The van der Waals surface area contributed by atoms with Crippen LogP contribution in [-0.2, 0) is 21.7 Å². The van der Waals surface area contributed by atoms with Crippen LogP contribution in [0.25, 0.3) is 53.2 Å². The van der Waals surface area contributed by atoms with E-state index in [0.29, 0.717) is 0 Å². The summed E-state index contributed by atoms with van der Waals surface area (Å²) in [4.78, 5) is 2.57. The highest BCUT2D eigenvalue weighted by molar-refractivity contribution is 7.26. The van der Waals surface area contributed by atoms with Gasteiger partial charge in [-0.1, -0.05) is 186 Å². The molecule has 0 aliphatic heterocycles. The Morgan fingerprint density at radius 3 is 1.45 bits per heavy atom. The Morgan fingerprint density at radius 1 is 0.379 bits per heavy atom. The molecule has 0 spiro atoms.